The number of carbonyl (C=O) groups is 1. The van der Waals surface area contributed by atoms with Crippen molar-refractivity contribution in [2.45, 2.75) is 31.3 Å². The normalized spacial score (nSPS) is 12.0. The van der Waals surface area contributed by atoms with Crippen LogP contribution in [0.3, 0.4) is 0 Å². The van der Waals surface area contributed by atoms with Crippen LogP contribution in [0, 0.1) is 0 Å². The molecule has 0 spiro atoms. The van der Waals surface area contributed by atoms with E-state index in [0.29, 0.717) is 27.6 Å². The van der Waals surface area contributed by atoms with Crippen molar-refractivity contribution >= 4 is 35.0 Å². The van der Waals surface area contributed by atoms with Gasteiger partial charge in [-0.1, -0.05) is 61.5 Å². The van der Waals surface area contributed by atoms with Crippen molar-refractivity contribution in [2.75, 3.05) is 16.9 Å². The van der Waals surface area contributed by atoms with Gasteiger partial charge in [0, 0.05) is 16.3 Å². The Morgan fingerprint density at radius 3 is 2.61 bits per heavy atom. The maximum absolute atomic E-state index is 12.4. The summed E-state index contributed by atoms with van der Waals surface area (Å²) in [6.45, 7) is 4.34. The Morgan fingerprint density at radius 2 is 1.91 bits per heavy atom. The van der Waals surface area contributed by atoms with E-state index in [2.05, 4.69) is 39.6 Å². The second kappa shape index (κ2) is 10.1. The number of carbonyl (C=O) groups excluding carboxylic acids is 1. The summed E-state index contributed by atoms with van der Waals surface area (Å²) in [7, 11) is 0. The summed E-state index contributed by atoms with van der Waals surface area (Å²) in [6.07, 6.45) is 1.07. The largest absolute Gasteiger partial charge is 0.335 e. The molecule has 0 aliphatic heterocycles. The van der Waals surface area contributed by atoms with Crippen molar-refractivity contribution in [3.05, 3.63) is 65.2 Å². The van der Waals surface area contributed by atoms with Crippen LogP contribution >= 0.6 is 23.4 Å². The number of benzene rings is 2. The van der Waals surface area contributed by atoms with Crippen molar-refractivity contribution in [2.24, 2.45) is 0 Å². The van der Waals surface area contributed by atoms with Crippen LogP contribution in [0.2, 0.25) is 5.02 Å². The number of nitrogen functional groups attached to an aromatic ring is 1. The van der Waals surface area contributed by atoms with Crippen LogP contribution < -0.4 is 11.2 Å². The number of aromatic amines is 1. The summed E-state index contributed by atoms with van der Waals surface area (Å²) in [5.41, 5.74) is 4.28. The molecule has 2 aromatic heterocycles. The number of hydrogen-bond acceptors (Lipinski definition) is 6. The smallest absolute Gasteiger partial charge is 0.234 e. The minimum atomic E-state index is -0.146. The third-order valence-electron chi connectivity index (χ3n) is 5.33. The molecule has 170 valence electrons. The average molecular weight is 482 g/mol. The third kappa shape index (κ3) is 5.37. The number of anilines is 1. The van der Waals surface area contributed by atoms with Gasteiger partial charge in [-0.3, -0.25) is 9.89 Å². The highest BCUT2D eigenvalue weighted by atomic mass is 35.5. The van der Waals surface area contributed by atoms with Gasteiger partial charge in [0.05, 0.1) is 11.4 Å². The van der Waals surface area contributed by atoms with Crippen LogP contribution in [-0.2, 0) is 4.79 Å². The Hall–Kier alpha value is -3.30. The Bertz CT molecular complexity index is 1230. The van der Waals surface area contributed by atoms with Crippen molar-refractivity contribution in [3.63, 3.8) is 0 Å². The molecule has 2 aromatic carbocycles. The number of amides is 1. The molecule has 4 rings (SSSR count). The van der Waals surface area contributed by atoms with Gasteiger partial charge >= 0.3 is 0 Å². The zero-order valence-electron chi connectivity index (χ0n) is 18.2. The lowest BCUT2D eigenvalue weighted by molar-refractivity contribution is -0.113. The fraction of sp³-hybridized carbons (Fsp3) is 0.217. The molecule has 2 heterocycles. The van der Waals surface area contributed by atoms with E-state index in [1.54, 1.807) is 12.1 Å². The Kier molecular flexibility index (Phi) is 7.00. The Balaban J connectivity index is 1.37. The number of hydrogen-bond donors (Lipinski definition) is 3. The quantitative estimate of drug-likeness (QED) is 0.242. The van der Waals surface area contributed by atoms with Crippen LogP contribution in [0.1, 0.15) is 31.7 Å². The summed E-state index contributed by atoms with van der Waals surface area (Å²) in [5.74, 6) is 7.10. The fourth-order valence-corrected chi connectivity index (χ4v) is 4.00. The maximum atomic E-state index is 12.4. The van der Waals surface area contributed by atoms with Gasteiger partial charge in [0.2, 0.25) is 16.9 Å². The van der Waals surface area contributed by atoms with E-state index in [0.717, 1.165) is 23.4 Å². The molecular weight excluding hydrogens is 458 g/mol. The van der Waals surface area contributed by atoms with Gasteiger partial charge in [0.25, 0.3) is 0 Å². The number of H-pyrrole nitrogens is 1. The molecule has 4 N–H and O–H groups in total. The molecule has 1 unspecified atom stereocenters. The molecule has 0 aliphatic rings. The molecule has 0 saturated heterocycles. The number of halogens is 1. The molecule has 0 fully saturated rings. The van der Waals surface area contributed by atoms with E-state index in [1.807, 2.05) is 42.5 Å². The van der Waals surface area contributed by atoms with Crippen molar-refractivity contribution in [1.82, 2.24) is 25.1 Å². The topological polar surface area (TPSA) is 115 Å². The van der Waals surface area contributed by atoms with Crippen LogP contribution in [0.25, 0.3) is 22.8 Å². The predicted molar refractivity (Wildman–Crippen MR) is 133 cm³/mol. The number of thioether (sulfide) groups is 1. The molecule has 0 aliphatic carbocycles. The summed E-state index contributed by atoms with van der Waals surface area (Å²) < 4.78 is 1.35. The molecule has 0 radical (unpaired) electrons. The number of nitrogens with zero attached hydrogens (tertiary/aromatic N) is 4. The van der Waals surface area contributed by atoms with E-state index in [4.69, 9.17) is 17.4 Å². The van der Waals surface area contributed by atoms with Gasteiger partial charge in [-0.2, -0.15) is 5.10 Å². The van der Waals surface area contributed by atoms with Gasteiger partial charge in [0.1, 0.15) is 5.69 Å². The number of aromatic nitrogens is 5. The first-order chi connectivity index (χ1) is 15.9. The van der Waals surface area contributed by atoms with Gasteiger partial charge < -0.3 is 11.2 Å². The lowest BCUT2D eigenvalue weighted by Gasteiger charge is -2.10. The van der Waals surface area contributed by atoms with Gasteiger partial charge in [0.15, 0.2) is 0 Å². The summed E-state index contributed by atoms with van der Waals surface area (Å²) in [5, 5.41) is 19.5. The first-order valence-corrected chi connectivity index (χ1v) is 11.9. The van der Waals surface area contributed by atoms with Crippen molar-refractivity contribution in [1.29, 1.82) is 0 Å². The highest BCUT2D eigenvalue weighted by molar-refractivity contribution is 7.99. The minimum absolute atomic E-state index is 0.146. The zero-order chi connectivity index (χ0) is 23.4. The average Bonchev–Trinajstić information content (AvgIpc) is 3.45. The Morgan fingerprint density at radius 1 is 1.18 bits per heavy atom. The summed E-state index contributed by atoms with van der Waals surface area (Å²) in [4.78, 5) is 12.4. The molecule has 0 saturated carbocycles. The lowest BCUT2D eigenvalue weighted by atomic mass is 9.99. The van der Waals surface area contributed by atoms with Gasteiger partial charge in [-0.25, -0.2) is 4.68 Å². The number of nitrogens with one attached hydrogen (secondary N) is 2. The van der Waals surface area contributed by atoms with Crippen molar-refractivity contribution in [3.8, 4) is 22.8 Å². The zero-order valence-corrected chi connectivity index (χ0v) is 19.8. The third-order valence-corrected chi connectivity index (χ3v) is 6.53. The molecule has 4 aromatic rings. The molecule has 33 heavy (non-hydrogen) atoms. The molecule has 8 nitrogen and oxygen atoms in total. The van der Waals surface area contributed by atoms with Crippen LogP contribution in [0.5, 0.6) is 0 Å². The molecular formula is C23H24ClN7OS. The second-order valence-corrected chi connectivity index (χ2v) is 9.00. The highest BCUT2D eigenvalue weighted by Gasteiger charge is 2.16. The number of nitrogens with two attached hydrogens (primary N) is 1. The Labute approximate surface area is 200 Å². The van der Waals surface area contributed by atoms with Gasteiger partial charge in [-0.15, -0.1) is 10.2 Å². The monoisotopic (exact) mass is 481 g/mol. The second-order valence-electron chi connectivity index (χ2n) is 7.62. The summed E-state index contributed by atoms with van der Waals surface area (Å²) >= 11 is 7.16. The predicted octanol–water partition coefficient (Wildman–Crippen LogP) is 4.95. The van der Waals surface area contributed by atoms with Gasteiger partial charge in [-0.05, 0) is 48.2 Å². The van der Waals surface area contributed by atoms with Crippen LogP contribution in [0.15, 0.2) is 59.8 Å². The maximum Gasteiger partial charge on any atom is 0.234 e. The SMILES string of the molecule is CCC(C)c1ccc(NC(=O)CSc2nnc(-c3cc(-c4ccc(Cl)cc4)n[nH]3)n2N)cc1. The van der Waals surface area contributed by atoms with Crippen LogP contribution in [0.4, 0.5) is 5.69 Å². The van der Waals surface area contributed by atoms with E-state index < -0.39 is 0 Å². The molecule has 1 atom stereocenters. The van der Waals surface area contributed by atoms with Crippen molar-refractivity contribution < 1.29 is 4.79 Å². The molecule has 10 heteroatoms. The minimum Gasteiger partial charge on any atom is -0.335 e. The van der Waals surface area contributed by atoms with E-state index in [-0.39, 0.29) is 11.7 Å². The lowest BCUT2D eigenvalue weighted by Crippen LogP contribution is -2.16. The number of rotatable bonds is 8. The highest BCUT2D eigenvalue weighted by Crippen LogP contribution is 2.26. The first-order valence-electron chi connectivity index (χ1n) is 10.5. The fourth-order valence-electron chi connectivity index (χ4n) is 3.22. The first kappa shape index (κ1) is 22.9. The van der Waals surface area contributed by atoms with E-state index in [9.17, 15) is 4.79 Å². The van der Waals surface area contributed by atoms with Crippen LogP contribution in [-0.4, -0.2) is 36.7 Å². The summed E-state index contributed by atoms with van der Waals surface area (Å²) in [6, 6.07) is 17.1. The molecule has 0 bridgehead atoms. The van der Waals surface area contributed by atoms with E-state index >= 15 is 0 Å². The molecule has 1 amide bonds. The standard InChI is InChI=1S/C23H24ClN7OS/c1-3-14(2)15-6-10-18(11-7-15)26-21(32)13-33-23-30-29-22(31(23)25)20-12-19(27-28-20)16-4-8-17(24)9-5-16/h4-12,14H,3,13,25H2,1-2H3,(H,26,32)(H,27,28). The van der Waals surface area contributed by atoms with E-state index in [1.165, 1.54) is 22.0 Å².